The predicted molar refractivity (Wildman–Crippen MR) is 121 cm³/mol. The SMILES string of the molecule is N[C@H](CNc1ncc(-c2ccc3cnccc3c2)s1)Cc1c[nH]c2ccccc12. The molecule has 0 saturated heterocycles. The van der Waals surface area contributed by atoms with Crippen molar-refractivity contribution >= 4 is 38.1 Å². The van der Waals surface area contributed by atoms with Gasteiger partial charge in [0.2, 0.25) is 0 Å². The minimum atomic E-state index is 0.00900. The standard InChI is InChI=1S/C23H21N5S/c24-19(10-18-12-26-21-4-2-1-3-20(18)21)13-27-23-28-14-22(29-23)16-5-6-17-11-25-8-7-15(17)9-16/h1-9,11-12,14,19,26H,10,13,24H2,(H,27,28)/t19-/m0/s1. The molecule has 0 aliphatic rings. The second kappa shape index (κ2) is 7.66. The molecule has 5 aromatic rings. The molecule has 0 amide bonds. The van der Waals surface area contributed by atoms with E-state index < -0.39 is 0 Å². The fraction of sp³-hybridized carbons (Fsp3) is 0.130. The first-order chi connectivity index (χ1) is 14.3. The van der Waals surface area contributed by atoms with Crippen molar-refractivity contribution in [3.05, 3.63) is 78.9 Å². The number of rotatable bonds is 6. The molecular weight excluding hydrogens is 378 g/mol. The summed E-state index contributed by atoms with van der Waals surface area (Å²) in [5, 5.41) is 7.85. The van der Waals surface area contributed by atoms with Crippen LogP contribution in [0.1, 0.15) is 5.56 Å². The molecule has 144 valence electrons. The lowest BCUT2D eigenvalue weighted by Crippen LogP contribution is -2.31. The van der Waals surface area contributed by atoms with Gasteiger partial charge in [-0.05, 0) is 41.1 Å². The van der Waals surface area contributed by atoms with Gasteiger partial charge in [-0.2, -0.15) is 0 Å². The van der Waals surface area contributed by atoms with Crippen LogP contribution in [-0.4, -0.2) is 27.5 Å². The van der Waals surface area contributed by atoms with E-state index in [1.165, 1.54) is 16.3 Å². The highest BCUT2D eigenvalue weighted by Gasteiger charge is 2.10. The second-order valence-corrected chi connectivity index (χ2v) is 8.20. The summed E-state index contributed by atoms with van der Waals surface area (Å²) in [7, 11) is 0. The van der Waals surface area contributed by atoms with E-state index in [1.807, 2.05) is 30.7 Å². The number of aromatic nitrogens is 3. The highest BCUT2D eigenvalue weighted by molar-refractivity contribution is 7.18. The average molecular weight is 400 g/mol. The Bertz CT molecular complexity index is 1270. The normalized spacial score (nSPS) is 12.4. The summed E-state index contributed by atoms with van der Waals surface area (Å²) in [4.78, 5) is 13.1. The third kappa shape index (κ3) is 3.72. The molecule has 5 nitrogen and oxygen atoms in total. The Morgan fingerprint density at radius 3 is 2.97 bits per heavy atom. The Balaban J connectivity index is 1.25. The summed E-state index contributed by atoms with van der Waals surface area (Å²) in [5.41, 5.74) is 9.94. The smallest absolute Gasteiger partial charge is 0.183 e. The van der Waals surface area contributed by atoms with Gasteiger partial charge in [-0.15, -0.1) is 0 Å². The van der Waals surface area contributed by atoms with Crippen molar-refractivity contribution in [3.63, 3.8) is 0 Å². The van der Waals surface area contributed by atoms with E-state index in [1.54, 1.807) is 11.3 Å². The van der Waals surface area contributed by atoms with Gasteiger partial charge >= 0.3 is 0 Å². The molecule has 29 heavy (non-hydrogen) atoms. The van der Waals surface area contributed by atoms with Crippen LogP contribution in [0.3, 0.4) is 0 Å². The molecule has 3 heterocycles. The van der Waals surface area contributed by atoms with Crippen LogP contribution in [0, 0.1) is 0 Å². The third-order valence-corrected chi connectivity index (χ3v) is 6.11. The number of nitrogens with zero attached hydrogens (tertiary/aromatic N) is 2. The van der Waals surface area contributed by atoms with E-state index in [0.717, 1.165) is 32.9 Å². The fourth-order valence-corrected chi connectivity index (χ4v) is 4.42. The maximum Gasteiger partial charge on any atom is 0.183 e. The molecule has 0 spiro atoms. The quantitative estimate of drug-likeness (QED) is 0.382. The van der Waals surface area contributed by atoms with Crippen molar-refractivity contribution in [2.24, 2.45) is 5.73 Å². The Labute approximate surface area is 172 Å². The number of anilines is 1. The molecule has 2 aromatic carbocycles. The lowest BCUT2D eigenvalue weighted by atomic mass is 10.1. The van der Waals surface area contributed by atoms with Gasteiger partial charge in [0.25, 0.3) is 0 Å². The molecule has 1 atom stereocenters. The molecule has 0 saturated carbocycles. The molecule has 0 radical (unpaired) electrons. The monoisotopic (exact) mass is 399 g/mol. The van der Waals surface area contributed by atoms with E-state index in [4.69, 9.17) is 5.73 Å². The zero-order valence-electron chi connectivity index (χ0n) is 15.8. The number of para-hydroxylation sites is 1. The van der Waals surface area contributed by atoms with Gasteiger partial charge in [-0.25, -0.2) is 4.98 Å². The molecular formula is C23H21N5S. The summed E-state index contributed by atoms with van der Waals surface area (Å²) in [6.45, 7) is 0.676. The topological polar surface area (TPSA) is 79.6 Å². The number of H-pyrrole nitrogens is 1. The first kappa shape index (κ1) is 17.8. The third-order valence-electron chi connectivity index (χ3n) is 5.10. The molecule has 3 aromatic heterocycles. The van der Waals surface area contributed by atoms with E-state index >= 15 is 0 Å². The van der Waals surface area contributed by atoms with Crippen LogP contribution in [0.4, 0.5) is 5.13 Å². The van der Waals surface area contributed by atoms with Crippen LogP contribution in [0.2, 0.25) is 0 Å². The fourth-order valence-electron chi connectivity index (χ4n) is 3.60. The van der Waals surface area contributed by atoms with Crippen molar-refractivity contribution in [1.29, 1.82) is 0 Å². The number of fused-ring (bicyclic) bond motifs is 2. The van der Waals surface area contributed by atoms with Gasteiger partial charge in [-0.3, -0.25) is 4.98 Å². The lowest BCUT2D eigenvalue weighted by molar-refractivity contribution is 0.702. The van der Waals surface area contributed by atoms with Gasteiger partial charge in [0.1, 0.15) is 0 Å². The van der Waals surface area contributed by atoms with Crippen LogP contribution < -0.4 is 11.1 Å². The molecule has 0 aliphatic carbocycles. The zero-order chi connectivity index (χ0) is 19.6. The van der Waals surface area contributed by atoms with Crippen molar-refractivity contribution < 1.29 is 0 Å². The van der Waals surface area contributed by atoms with Gasteiger partial charge in [0.05, 0.1) is 4.88 Å². The summed E-state index contributed by atoms with van der Waals surface area (Å²) in [6, 6.07) is 16.7. The molecule has 5 rings (SSSR count). The molecule has 0 bridgehead atoms. The number of nitrogens with one attached hydrogen (secondary N) is 2. The largest absolute Gasteiger partial charge is 0.361 e. The summed E-state index contributed by atoms with van der Waals surface area (Å²) in [6.07, 6.45) is 8.49. The van der Waals surface area contributed by atoms with Crippen LogP contribution in [0.5, 0.6) is 0 Å². The van der Waals surface area contributed by atoms with E-state index in [2.05, 4.69) is 62.9 Å². The number of thiazole rings is 1. The van der Waals surface area contributed by atoms with Gasteiger partial charge < -0.3 is 16.0 Å². The summed E-state index contributed by atoms with van der Waals surface area (Å²) >= 11 is 1.65. The van der Waals surface area contributed by atoms with E-state index in [-0.39, 0.29) is 6.04 Å². The van der Waals surface area contributed by atoms with Crippen molar-refractivity contribution in [2.45, 2.75) is 12.5 Å². The average Bonchev–Trinajstić information content (AvgIpc) is 3.40. The minimum Gasteiger partial charge on any atom is -0.361 e. The number of pyridine rings is 1. The number of benzene rings is 2. The molecule has 0 unspecified atom stereocenters. The summed E-state index contributed by atoms with van der Waals surface area (Å²) in [5.74, 6) is 0. The predicted octanol–water partition coefficient (Wildman–Crippen LogP) is 4.82. The molecule has 4 N–H and O–H groups in total. The number of aromatic amines is 1. The number of hydrogen-bond acceptors (Lipinski definition) is 5. The van der Waals surface area contributed by atoms with Crippen molar-refractivity contribution in [1.82, 2.24) is 15.0 Å². The maximum atomic E-state index is 6.38. The van der Waals surface area contributed by atoms with Gasteiger partial charge in [-0.1, -0.05) is 41.7 Å². The molecule has 6 heteroatoms. The molecule has 0 aliphatic heterocycles. The Morgan fingerprint density at radius 1 is 1.07 bits per heavy atom. The van der Waals surface area contributed by atoms with Crippen LogP contribution >= 0.6 is 11.3 Å². The van der Waals surface area contributed by atoms with Gasteiger partial charge in [0.15, 0.2) is 5.13 Å². The lowest BCUT2D eigenvalue weighted by Gasteiger charge is -2.11. The highest BCUT2D eigenvalue weighted by Crippen LogP contribution is 2.31. The van der Waals surface area contributed by atoms with Crippen molar-refractivity contribution in [2.75, 3.05) is 11.9 Å². The molecule has 0 fully saturated rings. The summed E-state index contributed by atoms with van der Waals surface area (Å²) < 4.78 is 0. The Kier molecular flexibility index (Phi) is 4.71. The zero-order valence-corrected chi connectivity index (χ0v) is 16.6. The first-order valence-corrected chi connectivity index (χ1v) is 10.4. The first-order valence-electron chi connectivity index (χ1n) is 9.61. The minimum absolute atomic E-state index is 0.00900. The van der Waals surface area contributed by atoms with E-state index in [0.29, 0.717) is 6.54 Å². The van der Waals surface area contributed by atoms with E-state index in [9.17, 15) is 0 Å². The van der Waals surface area contributed by atoms with Crippen LogP contribution in [0.15, 0.2) is 73.3 Å². The maximum absolute atomic E-state index is 6.38. The number of hydrogen-bond donors (Lipinski definition) is 3. The Morgan fingerprint density at radius 2 is 2.00 bits per heavy atom. The van der Waals surface area contributed by atoms with Crippen LogP contribution in [0.25, 0.3) is 32.1 Å². The van der Waals surface area contributed by atoms with Crippen LogP contribution in [-0.2, 0) is 6.42 Å². The number of nitrogens with two attached hydrogens (primary N) is 1. The second-order valence-electron chi connectivity index (χ2n) is 7.17. The van der Waals surface area contributed by atoms with Crippen molar-refractivity contribution in [3.8, 4) is 10.4 Å². The Hall–Kier alpha value is -3.22. The van der Waals surface area contributed by atoms with Gasteiger partial charge in [0, 0.05) is 53.7 Å². The highest BCUT2D eigenvalue weighted by atomic mass is 32.1.